The molecule has 4 aliphatic heterocycles. The summed E-state index contributed by atoms with van der Waals surface area (Å²) in [6.45, 7) is 10.9. The molecule has 466 valence electrons. The standard InChI is InChI=1S/C25H28N2O7.C22H20N2O5.C21H20N2O4/c1-3-18(33-25-23(31)22(30)21(29)19(11-28)34-25)15-9-17-20-14(10-27(17)24(32)12(15)2)8-13-6-4-5-7-16(13)26-20;1-3-14-16(22(29,4-2)21(27)28)9-18-19-13(10-24(18)20(14)26)8-15-12(11-25)6-5-7-17(15)23-19;1-3-14-15(21(27,4-2)20(25)26)10-17-18-13(11-23(17)19(14)24)9-12-7-5-6-8-16(12)22-18/h4-9,18-19,21-23,25,28-31H,3,10-11H2,1-2H3;5-9,11,29H,3-4,10H2,1-2H3,(H,27,28);5-10,27H,3-4,11H2,1-2H3,(H,25,26)/t18-,19?,21?,22?,23?,25?;22-;21-/m011/s1. The molecular weight excluding hydrogens is 1160 g/mol. The van der Waals surface area contributed by atoms with Gasteiger partial charge in [0.2, 0.25) is 0 Å². The summed E-state index contributed by atoms with van der Waals surface area (Å²) in [6.07, 6.45) is -5.75. The number of aliphatic hydroxyl groups is 6. The molecule has 0 spiro atoms. The zero-order valence-corrected chi connectivity index (χ0v) is 50.2. The van der Waals surface area contributed by atoms with E-state index in [-0.39, 0.29) is 52.8 Å². The van der Waals surface area contributed by atoms with Crippen LogP contribution in [0, 0.1) is 6.92 Å². The first-order valence-corrected chi connectivity index (χ1v) is 29.9. The van der Waals surface area contributed by atoms with Crippen molar-refractivity contribution in [2.45, 2.75) is 141 Å². The first-order chi connectivity index (χ1) is 43.1. The molecule has 1 fully saturated rings. The SMILES string of the molecule is CC[C@H](OC1OC(CO)C(O)C(O)C1O)c1cc2n(c(=O)c1C)Cc1cc3ccccc3nc1-2.CCc1c([C@](O)(CC)C(=O)O)cc2n(c1=O)Cc1cc3c(C=O)cccc3nc1-2.CCc1c([C@](O)(CC)C(=O)O)cc2n(c1=O)Cc1cc3ccccc3nc1-2. The molecule has 5 unspecified atom stereocenters. The predicted molar refractivity (Wildman–Crippen MR) is 332 cm³/mol. The number of carbonyl (C=O) groups is 3. The molecule has 9 aromatic rings. The maximum atomic E-state index is 13.3. The van der Waals surface area contributed by atoms with Crippen LogP contribution in [0.5, 0.6) is 0 Å². The highest BCUT2D eigenvalue weighted by atomic mass is 16.7. The number of aromatic nitrogens is 6. The van der Waals surface area contributed by atoms with Crippen molar-refractivity contribution in [3.05, 3.63) is 190 Å². The molecule has 0 amide bonds. The second kappa shape index (κ2) is 24.4. The molecule has 1 saturated heterocycles. The minimum atomic E-state index is -2.15. The fourth-order valence-corrected chi connectivity index (χ4v) is 12.8. The van der Waals surface area contributed by atoms with Crippen LogP contribution in [0.3, 0.4) is 0 Å². The third-order valence-corrected chi connectivity index (χ3v) is 18.0. The average molecular weight is 1230 g/mol. The van der Waals surface area contributed by atoms with Crippen molar-refractivity contribution in [2.24, 2.45) is 0 Å². The molecule has 8 atom stereocenters. The van der Waals surface area contributed by atoms with Gasteiger partial charge in [0, 0.05) is 66.2 Å². The first-order valence-electron chi connectivity index (χ1n) is 29.9. The molecule has 22 nitrogen and oxygen atoms in total. The van der Waals surface area contributed by atoms with E-state index in [1.165, 1.54) is 0 Å². The van der Waals surface area contributed by atoms with E-state index in [9.17, 15) is 69.6 Å². The molecule has 4 aliphatic rings. The average Bonchev–Trinajstić information content (AvgIpc) is 1.56. The van der Waals surface area contributed by atoms with Crippen LogP contribution in [0.1, 0.15) is 120 Å². The highest BCUT2D eigenvalue weighted by molar-refractivity contribution is 5.98. The predicted octanol–water partition coefficient (Wildman–Crippen LogP) is 6.15. The molecule has 0 radical (unpaired) electrons. The number of rotatable bonds is 14. The fraction of sp³-hybridized carbons (Fsp3) is 0.338. The Balaban J connectivity index is 0.000000140. The van der Waals surface area contributed by atoms with Crippen LogP contribution in [-0.2, 0) is 62.7 Å². The first kappa shape index (κ1) is 62.6. The highest BCUT2D eigenvalue weighted by Gasteiger charge is 2.46. The van der Waals surface area contributed by atoms with E-state index in [4.69, 9.17) is 19.4 Å². The summed E-state index contributed by atoms with van der Waals surface area (Å²) in [7, 11) is 0. The van der Waals surface area contributed by atoms with Crippen molar-refractivity contribution in [2.75, 3.05) is 6.61 Å². The summed E-state index contributed by atoms with van der Waals surface area (Å²) >= 11 is 0. The van der Waals surface area contributed by atoms with Crippen LogP contribution in [0.25, 0.3) is 66.9 Å². The lowest BCUT2D eigenvalue weighted by atomic mass is 9.86. The second-order valence-corrected chi connectivity index (χ2v) is 23.0. The van der Waals surface area contributed by atoms with Crippen LogP contribution >= 0.6 is 0 Å². The van der Waals surface area contributed by atoms with Gasteiger partial charge in [-0.2, -0.15) is 0 Å². The molecule has 22 heteroatoms. The molecule has 0 bridgehead atoms. The number of para-hydroxylation sites is 2. The number of aliphatic carboxylic acids is 2. The molecule has 10 heterocycles. The van der Waals surface area contributed by atoms with Gasteiger partial charge in [0.1, 0.15) is 24.4 Å². The number of pyridine rings is 6. The monoisotopic (exact) mass is 1220 g/mol. The lowest BCUT2D eigenvalue weighted by Crippen LogP contribution is -2.59. The number of hydrogen-bond donors (Lipinski definition) is 8. The van der Waals surface area contributed by atoms with E-state index in [2.05, 4.69) is 11.1 Å². The largest absolute Gasteiger partial charge is 0.479 e. The fourth-order valence-electron chi connectivity index (χ4n) is 12.8. The van der Waals surface area contributed by atoms with Crippen molar-refractivity contribution in [1.29, 1.82) is 0 Å². The van der Waals surface area contributed by atoms with Gasteiger partial charge in [-0.1, -0.05) is 83.1 Å². The van der Waals surface area contributed by atoms with E-state index in [1.54, 1.807) is 78.7 Å². The molecule has 3 aromatic carbocycles. The molecule has 13 rings (SSSR count). The van der Waals surface area contributed by atoms with Crippen LogP contribution in [-0.4, -0.2) is 125 Å². The molecule has 0 aliphatic carbocycles. The summed E-state index contributed by atoms with van der Waals surface area (Å²) in [6, 6.07) is 31.7. The van der Waals surface area contributed by atoms with Gasteiger partial charge in [0.05, 0.1) is 83.1 Å². The molecule has 90 heavy (non-hydrogen) atoms. The quantitative estimate of drug-likeness (QED) is 0.0566. The molecule has 0 saturated carbocycles. The number of ether oxygens (including phenoxy) is 2. The van der Waals surface area contributed by atoms with Gasteiger partial charge in [-0.05, 0) is 99.2 Å². The van der Waals surface area contributed by atoms with Gasteiger partial charge >= 0.3 is 11.9 Å². The van der Waals surface area contributed by atoms with Crippen LogP contribution in [0.2, 0.25) is 0 Å². The number of nitrogens with zero attached hydrogens (tertiary/aromatic N) is 6. The van der Waals surface area contributed by atoms with E-state index in [1.807, 2.05) is 73.7 Å². The number of carboxylic acids is 2. The van der Waals surface area contributed by atoms with E-state index < -0.39 is 66.6 Å². The third-order valence-electron chi connectivity index (χ3n) is 18.0. The Bertz CT molecular complexity index is 4590. The van der Waals surface area contributed by atoms with Crippen molar-refractivity contribution in [3.63, 3.8) is 0 Å². The van der Waals surface area contributed by atoms with Gasteiger partial charge < -0.3 is 64.0 Å². The van der Waals surface area contributed by atoms with Crippen LogP contribution in [0.4, 0.5) is 0 Å². The van der Waals surface area contributed by atoms with Crippen molar-refractivity contribution in [1.82, 2.24) is 28.7 Å². The Hall–Kier alpha value is -8.97. The third kappa shape index (κ3) is 10.4. The topological polar surface area (TPSA) is 336 Å². The lowest BCUT2D eigenvalue weighted by Gasteiger charge is -2.41. The molecule has 8 N–H and O–H groups in total. The van der Waals surface area contributed by atoms with Gasteiger partial charge in [0.25, 0.3) is 16.7 Å². The normalized spacial score (nSPS) is 19.2. The Morgan fingerprint density at radius 3 is 1.53 bits per heavy atom. The number of fused-ring (bicyclic) bond motifs is 12. The number of carboxylic acid groups (broad SMARTS) is 2. The number of benzene rings is 3. The van der Waals surface area contributed by atoms with E-state index in [0.29, 0.717) is 94.0 Å². The Morgan fingerprint density at radius 1 is 0.622 bits per heavy atom. The Morgan fingerprint density at radius 2 is 1.08 bits per heavy atom. The number of aldehydes is 1. The molecule has 6 aromatic heterocycles. The van der Waals surface area contributed by atoms with E-state index in [0.717, 1.165) is 50.5 Å². The van der Waals surface area contributed by atoms with Crippen molar-refractivity contribution >= 4 is 50.9 Å². The minimum Gasteiger partial charge on any atom is -0.479 e. The number of hydrogen-bond acceptors (Lipinski definition) is 17. The summed E-state index contributed by atoms with van der Waals surface area (Å²) in [5.41, 5.74) is 6.20. The van der Waals surface area contributed by atoms with Crippen molar-refractivity contribution < 1.29 is 64.7 Å². The van der Waals surface area contributed by atoms with Crippen LogP contribution in [0.15, 0.2) is 118 Å². The minimum absolute atomic E-state index is 0.0315. The summed E-state index contributed by atoms with van der Waals surface area (Å²) in [4.78, 5) is 88.7. The summed E-state index contributed by atoms with van der Waals surface area (Å²) in [5, 5.41) is 83.6. The Labute approximate surface area is 514 Å². The van der Waals surface area contributed by atoms with Crippen LogP contribution < -0.4 is 16.7 Å². The van der Waals surface area contributed by atoms with Crippen molar-refractivity contribution in [3.8, 4) is 34.2 Å². The number of carbonyl (C=O) groups excluding carboxylic acids is 1. The number of aliphatic hydroxyl groups excluding tert-OH is 4. The summed E-state index contributed by atoms with van der Waals surface area (Å²) in [5.74, 6) is -2.74. The zero-order valence-electron chi connectivity index (χ0n) is 50.2. The van der Waals surface area contributed by atoms with E-state index >= 15 is 0 Å². The smallest absolute Gasteiger partial charge is 0.340 e. The Kier molecular flexibility index (Phi) is 17.0. The summed E-state index contributed by atoms with van der Waals surface area (Å²) < 4.78 is 16.4. The van der Waals surface area contributed by atoms with Gasteiger partial charge in [0.15, 0.2) is 23.8 Å². The second-order valence-electron chi connectivity index (χ2n) is 23.0. The zero-order chi connectivity index (χ0) is 64.4. The maximum absolute atomic E-state index is 13.3. The maximum Gasteiger partial charge on any atom is 0.340 e. The van der Waals surface area contributed by atoms with Gasteiger partial charge in [-0.25, -0.2) is 24.5 Å². The van der Waals surface area contributed by atoms with Gasteiger partial charge in [-0.3, -0.25) is 19.2 Å². The lowest BCUT2D eigenvalue weighted by molar-refractivity contribution is -0.312. The molecular formula is C68H68N6O16. The van der Waals surface area contributed by atoms with Gasteiger partial charge in [-0.15, -0.1) is 0 Å². The highest BCUT2D eigenvalue weighted by Crippen LogP contribution is 2.40.